The molecule has 0 bridgehead atoms. The zero-order valence-corrected chi connectivity index (χ0v) is 20.0. The Bertz CT molecular complexity index is 1150. The molecule has 0 aliphatic carbocycles. The molecular formula is C26H23IN2O3. The summed E-state index contributed by atoms with van der Waals surface area (Å²) in [5, 5.41) is 12.3. The van der Waals surface area contributed by atoms with Crippen molar-refractivity contribution >= 4 is 34.6 Å². The monoisotopic (exact) mass is 538 g/mol. The van der Waals surface area contributed by atoms with Crippen LogP contribution in [0.15, 0.2) is 72.3 Å². The van der Waals surface area contributed by atoms with E-state index >= 15 is 0 Å². The first-order chi connectivity index (χ1) is 15.5. The Hall–Kier alpha value is -3.31. The summed E-state index contributed by atoms with van der Waals surface area (Å²) in [4.78, 5) is 12.5. The predicted octanol–water partition coefficient (Wildman–Crippen LogP) is 5.41. The Morgan fingerprint density at radius 1 is 1.09 bits per heavy atom. The number of halogens is 1. The van der Waals surface area contributed by atoms with Crippen molar-refractivity contribution in [2.45, 2.75) is 20.1 Å². The van der Waals surface area contributed by atoms with Crippen molar-refractivity contribution < 1.29 is 14.3 Å². The average Bonchev–Trinajstić information content (AvgIpc) is 2.81. The van der Waals surface area contributed by atoms with Crippen molar-refractivity contribution in [2.24, 2.45) is 0 Å². The summed E-state index contributed by atoms with van der Waals surface area (Å²) < 4.78 is 12.3. The van der Waals surface area contributed by atoms with Crippen LogP contribution in [0.1, 0.15) is 22.3 Å². The largest absolute Gasteiger partial charge is 0.493 e. The molecule has 0 saturated heterocycles. The highest BCUT2D eigenvalue weighted by molar-refractivity contribution is 14.1. The lowest BCUT2D eigenvalue weighted by atomic mass is 10.1. The molecule has 0 fully saturated rings. The number of methoxy groups -OCH3 is 1. The predicted molar refractivity (Wildman–Crippen MR) is 133 cm³/mol. The van der Waals surface area contributed by atoms with Crippen molar-refractivity contribution in [3.05, 3.63) is 98.1 Å². The molecule has 0 atom stereocenters. The summed E-state index contributed by atoms with van der Waals surface area (Å²) in [5.41, 5.74) is 3.91. The van der Waals surface area contributed by atoms with Crippen LogP contribution in [0.2, 0.25) is 0 Å². The van der Waals surface area contributed by atoms with Crippen LogP contribution in [0.25, 0.3) is 6.08 Å². The van der Waals surface area contributed by atoms with E-state index < -0.39 is 5.91 Å². The molecule has 3 rings (SSSR count). The van der Waals surface area contributed by atoms with Crippen LogP contribution in [-0.2, 0) is 17.9 Å². The minimum atomic E-state index is -0.426. The van der Waals surface area contributed by atoms with Crippen molar-refractivity contribution in [1.29, 1.82) is 5.26 Å². The van der Waals surface area contributed by atoms with Gasteiger partial charge in [-0.05, 0) is 64.4 Å². The zero-order valence-electron chi connectivity index (χ0n) is 17.9. The number of hydrogen-bond donors (Lipinski definition) is 1. The summed E-state index contributed by atoms with van der Waals surface area (Å²) in [6, 6.07) is 23.3. The molecule has 3 aromatic rings. The average molecular weight is 538 g/mol. The molecule has 0 saturated carbocycles. The molecule has 3 aromatic carbocycles. The Morgan fingerprint density at radius 3 is 2.47 bits per heavy atom. The number of ether oxygens (including phenoxy) is 2. The normalized spacial score (nSPS) is 10.9. The lowest BCUT2D eigenvalue weighted by molar-refractivity contribution is -0.117. The molecule has 1 amide bonds. The molecular weight excluding hydrogens is 515 g/mol. The second-order valence-electron chi connectivity index (χ2n) is 7.15. The molecule has 0 spiro atoms. The third-order valence-electron chi connectivity index (χ3n) is 4.73. The van der Waals surface area contributed by atoms with E-state index in [1.807, 2.05) is 73.7 Å². The first-order valence-corrected chi connectivity index (χ1v) is 11.1. The van der Waals surface area contributed by atoms with Gasteiger partial charge in [-0.1, -0.05) is 60.2 Å². The zero-order chi connectivity index (χ0) is 22.9. The smallest absolute Gasteiger partial charge is 0.262 e. The standard InChI is InChI=1S/C26H23IN2O3/c1-18-8-10-20(11-9-18)17-32-25-23(27)13-21(14-24(25)31-2)12-22(15-28)26(30)29-16-19-6-4-3-5-7-19/h3-14H,16-17H2,1-2H3,(H,29,30)/b22-12-. The van der Waals surface area contributed by atoms with Crippen LogP contribution >= 0.6 is 22.6 Å². The van der Waals surface area contributed by atoms with Crippen molar-refractivity contribution in [2.75, 3.05) is 7.11 Å². The maximum absolute atomic E-state index is 12.5. The molecule has 0 aliphatic rings. The summed E-state index contributed by atoms with van der Waals surface area (Å²) in [7, 11) is 1.56. The second kappa shape index (κ2) is 11.3. The fraction of sp³-hybridized carbons (Fsp3) is 0.154. The fourth-order valence-corrected chi connectivity index (χ4v) is 3.77. The van der Waals surface area contributed by atoms with Crippen LogP contribution in [0, 0.1) is 21.8 Å². The molecule has 6 heteroatoms. The van der Waals surface area contributed by atoms with E-state index in [2.05, 4.69) is 27.9 Å². The summed E-state index contributed by atoms with van der Waals surface area (Å²) in [5.74, 6) is 0.736. The molecule has 0 unspecified atom stereocenters. The number of aryl methyl sites for hydroxylation is 1. The highest BCUT2D eigenvalue weighted by Crippen LogP contribution is 2.35. The first-order valence-electron chi connectivity index (χ1n) is 10.00. The maximum Gasteiger partial charge on any atom is 0.262 e. The van der Waals surface area contributed by atoms with E-state index in [1.165, 1.54) is 5.56 Å². The second-order valence-corrected chi connectivity index (χ2v) is 8.31. The van der Waals surface area contributed by atoms with Crippen LogP contribution in [-0.4, -0.2) is 13.0 Å². The van der Waals surface area contributed by atoms with E-state index in [0.717, 1.165) is 14.7 Å². The number of carbonyl (C=O) groups excluding carboxylic acids is 1. The van der Waals surface area contributed by atoms with Gasteiger partial charge in [0.1, 0.15) is 18.2 Å². The minimum absolute atomic E-state index is 0.0205. The number of hydrogen-bond acceptors (Lipinski definition) is 4. The number of nitriles is 1. The molecule has 162 valence electrons. The lowest BCUT2D eigenvalue weighted by Crippen LogP contribution is -2.23. The maximum atomic E-state index is 12.5. The number of benzene rings is 3. The number of rotatable bonds is 8. The summed E-state index contributed by atoms with van der Waals surface area (Å²) in [6.45, 7) is 2.80. The topological polar surface area (TPSA) is 71.3 Å². The van der Waals surface area contributed by atoms with Crippen molar-refractivity contribution in [3.8, 4) is 17.6 Å². The number of nitrogens with zero attached hydrogens (tertiary/aromatic N) is 1. The van der Waals surface area contributed by atoms with E-state index in [1.54, 1.807) is 19.3 Å². The summed E-state index contributed by atoms with van der Waals surface area (Å²) in [6.07, 6.45) is 1.55. The van der Waals surface area contributed by atoms with Gasteiger partial charge < -0.3 is 14.8 Å². The van der Waals surface area contributed by atoms with Gasteiger partial charge in [-0.15, -0.1) is 0 Å². The molecule has 0 heterocycles. The fourth-order valence-electron chi connectivity index (χ4n) is 2.99. The Morgan fingerprint density at radius 2 is 1.81 bits per heavy atom. The van der Waals surface area contributed by atoms with Crippen LogP contribution in [0.4, 0.5) is 0 Å². The van der Waals surface area contributed by atoms with E-state index in [-0.39, 0.29) is 5.57 Å². The van der Waals surface area contributed by atoms with Gasteiger partial charge in [0, 0.05) is 6.54 Å². The lowest BCUT2D eigenvalue weighted by Gasteiger charge is -2.14. The number of carbonyl (C=O) groups is 1. The van der Waals surface area contributed by atoms with Crippen LogP contribution < -0.4 is 14.8 Å². The quantitative estimate of drug-likeness (QED) is 0.237. The van der Waals surface area contributed by atoms with Crippen LogP contribution in [0.3, 0.4) is 0 Å². The highest BCUT2D eigenvalue weighted by Gasteiger charge is 2.14. The third kappa shape index (κ3) is 6.34. The van der Waals surface area contributed by atoms with Crippen LogP contribution in [0.5, 0.6) is 11.5 Å². The van der Waals surface area contributed by atoms with E-state index in [9.17, 15) is 10.1 Å². The molecule has 0 aromatic heterocycles. The SMILES string of the molecule is COc1cc(/C=C(/C#N)C(=O)NCc2ccccc2)cc(I)c1OCc1ccc(C)cc1. The molecule has 0 aliphatic heterocycles. The minimum Gasteiger partial charge on any atom is -0.493 e. The van der Waals surface area contributed by atoms with Gasteiger partial charge in [0.15, 0.2) is 11.5 Å². The van der Waals surface area contributed by atoms with Gasteiger partial charge in [-0.25, -0.2) is 0 Å². The van der Waals surface area contributed by atoms with Gasteiger partial charge in [0.05, 0.1) is 10.7 Å². The highest BCUT2D eigenvalue weighted by atomic mass is 127. The molecule has 1 N–H and O–H groups in total. The number of nitrogens with one attached hydrogen (secondary N) is 1. The van der Waals surface area contributed by atoms with Crippen molar-refractivity contribution in [3.63, 3.8) is 0 Å². The first kappa shape index (κ1) is 23.4. The van der Waals surface area contributed by atoms with Gasteiger partial charge >= 0.3 is 0 Å². The van der Waals surface area contributed by atoms with E-state index in [4.69, 9.17) is 9.47 Å². The van der Waals surface area contributed by atoms with Crippen molar-refractivity contribution in [1.82, 2.24) is 5.32 Å². The summed E-state index contributed by atoms with van der Waals surface area (Å²) >= 11 is 2.17. The Labute approximate surface area is 201 Å². The Balaban J connectivity index is 1.75. The van der Waals surface area contributed by atoms with Gasteiger partial charge in [-0.2, -0.15) is 5.26 Å². The van der Waals surface area contributed by atoms with E-state index in [0.29, 0.717) is 30.2 Å². The molecule has 5 nitrogen and oxygen atoms in total. The van der Waals surface area contributed by atoms with Gasteiger partial charge in [-0.3, -0.25) is 4.79 Å². The number of amides is 1. The molecule has 32 heavy (non-hydrogen) atoms. The van der Waals surface area contributed by atoms with Gasteiger partial charge in [0.2, 0.25) is 0 Å². The Kier molecular flexibility index (Phi) is 8.28. The third-order valence-corrected chi connectivity index (χ3v) is 5.53. The van der Waals surface area contributed by atoms with Gasteiger partial charge in [0.25, 0.3) is 5.91 Å². The molecule has 0 radical (unpaired) electrons.